The third-order valence-corrected chi connectivity index (χ3v) is 4.87. The lowest BCUT2D eigenvalue weighted by Gasteiger charge is -2.09. The minimum atomic E-state index is -0.307. The number of ketones is 1. The van der Waals surface area contributed by atoms with Crippen molar-refractivity contribution in [2.45, 2.75) is 25.7 Å². The Balaban J connectivity index is 1.85. The van der Waals surface area contributed by atoms with E-state index in [4.69, 9.17) is 5.41 Å². The summed E-state index contributed by atoms with van der Waals surface area (Å²) in [6.07, 6.45) is 8.15. The Morgan fingerprint density at radius 2 is 2.16 bits per heavy atom. The second-order valence-electron chi connectivity index (χ2n) is 7.11. The molecule has 0 spiro atoms. The minimum absolute atomic E-state index is 0.184. The molecule has 1 aromatic carbocycles. The molecular formula is C23H26N6O2. The average Bonchev–Trinajstić information content (AvgIpc) is 3.20. The summed E-state index contributed by atoms with van der Waals surface area (Å²) in [5.74, 6) is -0.491. The van der Waals surface area contributed by atoms with Gasteiger partial charge < -0.3 is 21.0 Å². The van der Waals surface area contributed by atoms with Crippen LogP contribution in [0.5, 0.6) is 0 Å². The highest BCUT2D eigenvalue weighted by Crippen LogP contribution is 2.24. The number of aromatic nitrogens is 2. The van der Waals surface area contributed by atoms with Crippen LogP contribution >= 0.6 is 0 Å². The van der Waals surface area contributed by atoms with Crippen LogP contribution < -0.4 is 10.6 Å². The zero-order valence-corrected chi connectivity index (χ0v) is 17.6. The summed E-state index contributed by atoms with van der Waals surface area (Å²) in [6, 6.07) is 8.39. The standard InChI is InChI=1S/C23H26N6O2/c1-3-4-8-26-23(31)29-18-7-5-6-15(9-18)21(30)20-14-28-22-19(20)10-16(13-27-22)17(11-24)12-25-2/h5-7,9-14,17,24H,3-4,8H2,1-2H3,(H,27,28)(H2,26,29,31). The van der Waals surface area contributed by atoms with E-state index in [1.54, 1.807) is 49.9 Å². The van der Waals surface area contributed by atoms with Crippen molar-refractivity contribution in [3.63, 3.8) is 0 Å². The van der Waals surface area contributed by atoms with Crippen molar-refractivity contribution in [3.05, 3.63) is 59.4 Å². The molecule has 0 aliphatic heterocycles. The highest BCUT2D eigenvalue weighted by Gasteiger charge is 2.17. The van der Waals surface area contributed by atoms with E-state index < -0.39 is 0 Å². The van der Waals surface area contributed by atoms with Gasteiger partial charge in [0.05, 0.1) is 5.92 Å². The maximum absolute atomic E-state index is 13.2. The van der Waals surface area contributed by atoms with Crippen LogP contribution in [-0.4, -0.2) is 47.8 Å². The number of nitrogens with zero attached hydrogens (tertiary/aromatic N) is 2. The van der Waals surface area contributed by atoms with Crippen molar-refractivity contribution in [3.8, 4) is 0 Å². The number of fused-ring (bicyclic) bond motifs is 1. The van der Waals surface area contributed by atoms with Crippen LogP contribution in [0.3, 0.4) is 0 Å². The molecule has 3 aromatic rings. The Kier molecular flexibility index (Phi) is 7.26. The van der Waals surface area contributed by atoms with Gasteiger partial charge in [-0.15, -0.1) is 0 Å². The van der Waals surface area contributed by atoms with Gasteiger partial charge in [0, 0.05) is 60.6 Å². The number of anilines is 1. The Morgan fingerprint density at radius 1 is 1.32 bits per heavy atom. The molecule has 0 saturated carbocycles. The van der Waals surface area contributed by atoms with Crippen LogP contribution in [0.15, 0.2) is 47.7 Å². The molecule has 8 nitrogen and oxygen atoms in total. The molecule has 31 heavy (non-hydrogen) atoms. The third kappa shape index (κ3) is 5.22. The molecule has 1 atom stereocenters. The number of carbonyl (C=O) groups excluding carboxylic acids is 2. The molecule has 3 rings (SSSR count). The number of H-pyrrole nitrogens is 1. The molecule has 1 unspecified atom stereocenters. The fraction of sp³-hybridized carbons (Fsp3) is 0.261. The van der Waals surface area contributed by atoms with Gasteiger partial charge in [-0.2, -0.15) is 0 Å². The summed E-state index contributed by atoms with van der Waals surface area (Å²) >= 11 is 0. The maximum Gasteiger partial charge on any atom is 0.319 e. The predicted molar refractivity (Wildman–Crippen MR) is 124 cm³/mol. The molecule has 0 bridgehead atoms. The molecule has 2 heterocycles. The smallest absolute Gasteiger partial charge is 0.319 e. The van der Waals surface area contributed by atoms with E-state index in [1.807, 2.05) is 6.07 Å². The van der Waals surface area contributed by atoms with E-state index in [2.05, 4.69) is 32.5 Å². The van der Waals surface area contributed by atoms with Crippen LogP contribution in [-0.2, 0) is 0 Å². The van der Waals surface area contributed by atoms with Gasteiger partial charge in [0.1, 0.15) is 5.65 Å². The summed E-state index contributed by atoms with van der Waals surface area (Å²) in [5.41, 5.74) is 2.85. The lowest BCUT2D eigenvalue weighted by molar-refractivity contribution is 0.104. The minimum Gasteiger partial charge on any atom is -0.345 e. The Labute approximate surface area is 180 Å². The van der Waals surface area contributed by atoms with Crippen molar-refractivity contribution < 1.29 is 9.59 Å². The second kappa shape index (κ2) is 10.3. The van der Waals surface area contributed by atoms with Gasteiger partial charge in [0.15, 0.2) is 5.78 Å². The number of carbonyl (C=O) groups is 2. The van der Waals surface area contributed by atoms with Gasteiger partial charge in [-0.25, -0.2) is 9.78 Å². The summed E-state index contributed by atoms with van der Waals surface area (Å²) in [5, 5.41) is 13.8. The molecule has 2 aromatic heterocycles. The number of unbranched alkanes of at least 4 members (excludes halogenated alkanes) is 1. The number of hydrogen-bond donors (Lipinski definition) is 4. The van der Waals surface area contributed by atoms with Crippen LogP contribution in [0, 0.1) is 5.41 Å². The van der Waals surface area contributed by atoms with Gasteiger partial charge in [-0.1, -0.05) is 25.5 Å². The fourth-order valence-corrected chi connectivity index (χ4v) is 3.22. The monoisotopic (exact) mass is 418 g/mol. The van der Waals surface area contributed by atoms with Crippen molar-refractivity contribution >= 4 is 41.0 Å². The van der Waals surface area contributed by atoms with Crippen molar-refractivity contribution in [1.29, 1.82) is 5.41 Å². The largest absolute Gasteiger partial charge is 0.345 e. The number of benzene rings is 1. The molecule has 4 N–H and O–H groups in total. The van der Waals surface area contributed by atoms with Crippen LogP contribution in [0.25, 0.3) is 11.0 Å². The zero-order valence-electron chi connectivity index (χ0n) is 17.6. The third-order valence-electron chi connectivity index (χ3n) is 4.87. The summed E-state index contributed by atoms with van der Waals surface area (Å²) < 4.78 is 0. The summed E-state index contributed by atoms with van der Waals surface area (Å²) in [4.78, 5) is 36.6. The molecule has 8 heteroatoms. The van der Waals surface area contributed by atoms with Gasteiger partial charge in [-0.3, -0.25) is 9.79 Å². The topological polar surface area (TPSA) is 123 Å². The van der Waals surface area contributed by atoms with Gasteiger partial charge in [0.2, 0.25) is 0 Å². The van der Waals surface area contributed by atoms with Crippen molar-refractivity contribution in [1.82, 2.24) is 15.3 Å². The molecule has 2 amide bonds. The molecule has 0 saturated heterocycles. The normalized spacial score (nSPS) is 12.1. The number of nitrogens with one attached hydrogen (secondary N) is 4. The van der Waals surface area contributed by atoms with Crippen LogP contribution in [0.4, 0.5) is 10.5 Å². The maximum atomic E-state index is 13.2. The molecule has 0 fully saturated rings. The number of aliphatic imine (C=N–C) groups is 1. The lowest BCUT2D eigenvalue weighted by atomic mass is 9.99. The van der Waals surface area contributed by atoms with Crippen molar-refractivity contribution in [2.24, 2.45) is 4.99 Å². The number of hydrogen-bond acceptors (Lipinski definition) is 5. The quantitative estimate of drug-likeness (QED) is 0.237. The zero-order chi connectivity index (χ0) is 22.2. The molecule has 0 aliphatic rings. The molecule has 0 radical (unpaired) electrons. The number of urea groups is 1. The Hall–Kier alpha value is -3.81. The first-order valence-corrected chi connectivity index (χ1v) is 10.2. The fourth-order valence-electron chi connectivity index (χ4n) is 3.22. The van der Waals surface area contributed by atoms with Crippen molar-refractivity contribution in [2.75, 3.05) is 18.9 Å². The van der Waals surface area contributed by atoms with Gasteiger partial charge >= 0.3 is 6.03 Å². The van der Waals surface area contributed by atoms with Gasteiger partial charge in [0.25, 0.3) is 0 Å². The number of rotatable bonds is 9. The SMILES string of the molecule is CCCCNC(=O)Nc1cccc(C(=O)c2c[nH]c3ncc(C(C=N)C=NC)cc23)c1. The van der Waals surface area contributed by atoms with E-state index in [-0.39, 0.29) is 17.7 Å². The van der Waals surface area contributed by atoms with E-state index in [0.717, 1.165) is 18.4 Å². The second-order valence-corrected chi connectivity index (χ2v) is 7.11. The van der Waals surface area contributed by atoms with Gasteiger partial charge in [-0.05, 0) is 30.2 Å². The molecule has 0 aliphatic carbocycles. The average molecular weight is 419 g/mol. The first kappa shape index (κ1) is 21.9. The lowest BCUT2D eigenvalue weighted by Crippen LogP contribution is -2.29. The number of amides is 2. The number of aromatic amines is 1. The van der Waals surface area contributed by atoms with Crippen LogP contribution in [0.2, 0.25) is 0 Å². The highest BCUT2D eigenvalue weighted by molar-refractivity contribution is 6.16. The van der Waals surface area contributed by atoms with E-state index >= 15 is 0 Å². The van der Waals surface area contributed by atoms with E-state index in [9.17, 15) is 9.59 Å². The summed E-state index contributed by atoms with van der Waals surface area (Å²) in [7, 11) is 1.65. The Morgan fingerprint density at radius 3 is 2.90 bits per heavy atom. The molecular weight excluding hydrogens is 392 g/mol. The van der Waals surface area contributed by atoms with E-state index in [1.165, 1.54) is 6.21 Å². The van der Waals surface area contributed by atoms with Crippen LogP contribution in [0.1, 0.15) is 47.2 Å². The first-order chi connectivity index (χ1) is 15.1. The highest BCUT2D eigenvalue weighted by atomic mass is 16.2. The van der Waals surface area contributed by atoms with E-state index in [0.29, 0.717) is 34.4 Å². The summed E-state index contributed by atoms with van der Waals surface area (Å²) in [6.45, 7) is 2.66. The first-order valence-electron chi connectivity index (χ1n) is 10.2. The molecule has 160 valence electrons. The number of pyridine rings is 1. The Bertz CT molecular complexity index is 1120. The predicted octanol–water partition coefficient (Wildman–Crippen LogP) is 4.15.